The summed E-state index contributed by atoms with van der Waals surface area (Å²) in [7, 11) is 1.41. The number of hydrogen-bond acceptors (Lipinski definition) is 4. The summed E-state index contributed by atoms with van der Waals surface area (Å²) in [6.07, 6.45) is 5.18. The molecule has 0 aliphatic rings. The molecule has 0 aliphatic carbocycles. The number of nitrogens with one attached hydrogen (secondary N) is 1. The Hall–Kier alpha value is -1.36. The molecule has 5 heteroatoms. The van der Waals surface area contributed by atoms with Gasteiger partial charge in [0.25, 0.3) is 0 Å². The molecule has 0 saturated carbocycles. The molecule has 0 bridgehead atoms. The summed E-state index contributed by atoms with van der Waals surface area (Å²) in [6, 6.07) is 0. The van der Waals surface area contributed by atoms with Gasteiger partial charge >= 0.3 is 5.97 Å². The molecule has 0 amide bonds. The molecule has 5 nitrogen and oxygen atoms in total. The fraction of sp³-hybridized carbons (Fsp3) is 0.692. The Morgan fingerprint density at radius 3 is 2.78 bits per heavy atom. The topological polar surface area (TPSA) is 56.1 Å². The summed E-state index contributed by atoms with van der Waals surface area (Å²) in [5, 5.41) is 7.62. The van der Waals surface area contributed by atoms with Gasteiger partial charge in [-0.2, -0.15) is 5.10 Å². The van der Waals surface area contributed by atoms with Gasteiger partial charge < -0.3 is 10.1 Å². The van der Waals surface area contributed by atoms with E-state index in [1.165, 1.54) is 7.11 Å². The summed E-state index contributed by atoms with van der Waals surface area (Å²) in [5.41, 5.74) is 1.17. The van der Waals surface area contributed by atoms with Crippen molar-refractivity contribution in [1.29, 1.82) is 0 Å². The molecule has 0 aliphatic heterocycles. The quantitative estimate of drug-likeness (QED) is 0.619. The largest absolute Gasteiger partial charge is 0.469 e. The van der Waals surface area contributed by atoms with Crippen molar-refractivity contribution in [2.24, 2.45) is 0 Å². The first-order valence-electron chi connectivity index (χ1n) is 6.25. The van der Waals surface area contributed by atoms with Gasteiger partial charge in [-0.15, -0.1) is 0 Å². The van der Waals surface area contributed by atoms with Crippen LogP contribution in [-0.2, 0) is 21.6 Å². The third-order valence-corrected chi connectivity index (χ3v) is 2.61. The lowest BCUT2D eigenvalue weighted by Crippen LogP contribution is -2.22. The Balaban J connectivity index is 2.24. The highest BCUT2D eigenvalue weighted by molar-refractivity contribution is 5.69. The number of carbonyl (C=O) groups excluding carboxylic acids is 1. The maximum Gasteiger partial charge on any atom is 0.305 e. The van der Waals surface area contributed by atoms with E-state index in [4.69, 9.17) is 0 Å². The minimum absolute atomic E-state index is 0.0170. The van der Waals surface area contributed by atoms with E-state index in [9.17, 15) is 4.79 Å². The van der Waals surface area contributed by atoms with Crippen LogP contribution < -0.4 is 5.32 Å². The zero-order valence-corrected chi connectivity index (χ0v) is 11.7. The minimum Gasteiger partial charge on any atom is -0.469 e. The average Bonchev–Trinajstić information content (AvgIpc) is 2.76. The van der Waals surface area contributed by atoms with E-state index in [2.05, 4.69) is 35.9 Å². The van der Waals surface area contributed by atoms with Crippen LogP contribution in [0.25, 0.3) is 0 Å². The second kappa shape index (κ2) is 6.54. The third kappa shape index (κ3) is 4.87. The van der Waals surface area contributed by atoms with Gasteiger partial charge in [-0.3, -0.25) is 9.48 Å². The van der Waals surface area contributed by atoms with Crippen molar-refractivity contribution in [3.8, 4) is 0 Å². The zero-order chi connectivity index (χ0) is 13.6. The summed E-state index contributed by atoms with van der Waals surface area (Å²) in [4.78, 5) is 10.9. The van der Waals surface area contributed by atoms with Crippen LogP contribution in [0.5, 0.6) is 0 Å². The van der Waals surface area contributed by atoms with Crippen molar-refractivity contribution >= 4 is 5.97 Å². The van der Waals surface area contributed by atoms with Crippen LogP contribution in [-0.4, -0.2) is 29.4 Å². The first-order valence-corrected chi connectivity index (χ1v) is 6.25. The maximum absolute atomic E-state index is 10.9. The number of ether oxygens (including phenoxy) is 1. The highest BCUT2D eigenvalue weighted by Crippen LogP contribution is 2.12. The first-order chi connectivity index (χ1) is 8.43. The highest BCUT2D eigenvalue weighted by atomic mass is 16.5. The van der Waals surface area contributed by atoms with Gasteiger partial charge in [0.2, 0.25) is 0 Å². The number of aromatic nitrogens is 2. The Kier molecular flexibility index (Phi) is 5.34. The highest BCUT2D eigenvalue weighted by Gasteiger charge is 2.13. The average molecular weight is 253 g/mol. The molecule has 0 radical (unpaired) electrons. The number of hydrogen-bond donors (Lipinski definition) is 1. The lowest BCUT2D eigenvalue weighted by atomic mass is 10.1. The molecule has 18 heavy (non-hydrogen) atoms. The van der Waals surface area contributed by atoms with Gasteiger partial charge in [-0.25, -0.2) is 0 Å². The minimum atomic E-state index is -0.155. The number of rotatable bonds is 6. The predicted octanol–water partition coefficient (Wildman–Crippen LogP) is 1.68. The number of carbonyl (C=O) groups is 1. The second-order valence-electron chi connectivity index (χ2n) is 5.32. The van der Waals surface area contributed by atoms with Gasteiger partial charge in [0.05, 0.1) is 18.8 Å². The Morgan fingerprint density at radius 2 is 2.22 bits per heavy atom. The van der Waals surface area contributed by atoms with Crippen molar-refractivity contribution < 1.29 is 9.53 Å². The van der Waals surface area contributed by atoms with Crippen LogP contribution in [0, 0.1) is 0 Å². The first kappa shape index (κ1) is 14.7. The lowest BCUT2D eigenvalue weighted by Gasteiger charge is -2.18. The molecule has 0 saturated heterocycles. The third-order valence-electron chi connectivity index (χ3n) is 2.61. The van der Waals surface area contributed by atoms with E-state index < -0.39 is 0 Å². The molecular weight excluding hydrogens is 230 g/mol. The number of methoxy groups -OCH3 is 1. The van der Waals surface area contributed by atoms with Crippen LogP contribution in [0.3, 0.4) is 0 Å². The van der Waals surface area contributed by atoms with Gasteiger partial charge in [0.1, 0.15) is 0 Å². The van der Waals surface area contributed by atoms with Crippen LogP contribution in [0.4, 0.5) is 0 Å². The van der Waals surface area contributed by atoms with E-state index in [1.54, 1.807) is 0 Å². The SMILES string of the molecule is COC(=O)CCCNCc1cnn(C(C)(C)C)c1. The molecule has 1 aromatic heterocycles. The van der Waals surface area contributed by atoms with Gasteiger partial charge in [-0.1, -0.05) is 0 Å². The van der Waals surface area contributed by atoms with Crippen LogP contribution in [0.15, 0.2) is 12.4 Å². The van der Waals surface area contributed by atoms with Crippen LogP contribution >= 0.6 is 0 Å². The molecule has 0 aromatic carbocycles. The van der Waals surface area contributed by atoms with Crippen LogP contribution in [0.2, 0.25) is 0 Å². The molecular formula is C13H23N3O2. The van der Waals surface area contributed by atoms with E-state index in [1.807, 2.05) is 17.1 Å². The predicted molar refractivity (Wildman–Crippen MR) is 70.2 cm³/mol. The lowest BCUT2D eigenvalue weighted by molar-refractivity contribution is -0.140. The molecule has 0 spiro atoms. The van der Waals surface area contributed by atoms with Crippen molar-refractivity contribution in [2.75, 3.05) is 13.7 Å². The van der Waals surface area contributed by atoms with Gasteiger partial charge in [-0.05, 0) is 33.7 Å². The normalized spacial score (nSPS) is 11.6. The van der Waals surface area contributed by atoms with E-state index >= 15 is 0 Å². The van der Waals surface area contributed by atoms with Crippen molar-refractivity contribution in [1.82, 2.24) is 15.1 Å². The Bertz CT molecular complexity index is 380. The van der Waals surface area contributed by atoms with Crippen LogP contribution in [0.1, 0.15) is 39.2 Å². The standard InChI is InChI=1S/C13H23N3O2/c1-13(2,3)16-10-11(9-15-16)8-14-7-5-6-12(17)18-4/h9-10,14H,5-8H2,1-4H3. The molecule has 1 rings (SSSR count). The molecule has 1 heterocycles. The van der Waals surface area contributed by atoms with Crippen molar-refractivity contribution in [3.63, 3.8) is 0 Å². The number of nitrogens with zero attached hydrogens (tertiary/aromatic N) is 2. The summed E-state index contributed by atoms with van der Waals surface area (Å²) >= 11 is 0. The van der Waals surface area contributed by atoms with Crippen molar-refractivity contribution in [3.05, 3.63) is 18.0 Å². The van der Waals surface area contributed by atoms with Crippen molar-refractivity contribution in [2.45, 2.75) is 45.7 Å². The Labute approximate surface area is 109 Å². The smallest absolute Gasteiger partial charge is 0.305 e. The molecule has 1 N–H and O–H groups in total. The summed E-state index contributed by atoms with van der Waals surface area (Å²) in [6.45, 7) is 7.93. The van der Waals surface area contributed by atoms with E-state index in [0.29, 0.717) is 6.42 Å². The fourth-order valence-corrected chi connectivity index (χ4v) is 1.51. The van der Waals surface area contributed by atoms with E-state index in [-0.39, 0.29) is 11.5 Å². The van der Waals surface area contributed by atoms with E-state index in [0.717, 1.165) is 25.1 Å². The molecule has 102 valence electrons. The molecule has 1 aromatic rings. The monoisotopic (exact) mass is 253 g/mol. The zero-order valence-electron chi connectivity index (χ0n) is 11.7. The second-order valence-corrected chi connectivity index (χ2v) is 5.32. The summed E-state index contributed by atoms with van der Waals surface area (Å²) in [5.74, 6) is -0.155. The summed E-state index contributed by atoms with van der Waals surface area (Å²) < 4.78 is 6.53. The molecule has 0 fully saturated rings. The fourth-order valence-electron chi connectivity index (χ4n) is 1.51. The maximum atomic E-state index is 10.9. The molecule has 0 atom stereocenters. The van der Waals surface area contributed by atoms with Gasteiger partial charge in [0, 0.05) is 24.7 Å². The molecule has 0 unspecified atom stereocenters. The Morgan fingerprint density at radius 1 is 1.50 bits per heavy atom. The van der Waals surface area contributed by atoms with Gasteiger partial charge in [0.15, 0.2) is 0 Å². The number of esters is 1.